The molecule has 0 unspecified atom stereocenters. The Morgan fingerprint density at radius 3 is 2.21 bits per heavy atom. The van der Waals surface area contributed by atoms with E-state index in [0.717, 1.165) is 12.8 Å². The van der Waals surface area contributed by atoms with Crippen molar-refractivity contribution < 1.29 is 23.4 Å². The average Bonchev–Trinajstić information content (AvgIpc) is 3.67. The van der Waals surface area contributed by atoms with Crippen molar-refractivity contribution in [3.63, 3.8) is 0 Å². The minimum Gasteiger partial charge on any atom is -0.462 e. The molecule has 0 spiro atoms. The highest BCUT2D eigenvalue weighted by atomic mass is 19.1. The Balaban J connectivity index is 1.70. The van der Waals surface area contributed by atoms with Gasteiger partial charge in [-0.25, -0.2) is 9.18 Å². The number of esters is 1. The fraction of sp³-hybridized carbons (Fsp3) is 0.185. The molecule has 0 aliphatic heterocycles. The van der Waals surface area contributed by atoms with Crippen LogP contribution in [-0.4, -0.2) is 17.6 Å². The number of carbonyl (C=O) groups is 1. The normalized spacial score (nSPS) is 13.0. The van der Waals surface area contributed by atoms with E-state index >= 15 is 4.39 Å². The average molecular weight is 443 g/mol. The SMILES string of the molecule is CCOC(=O)c1c(C2CC2)nc2cc(Oc3ccccc3)c(F)cc2c1Oc1ccccc1. The van der Waals surface area contributed by atoms with E-state index < -0.39 is 11.8 Å². The first-order chi connectivity index (χ1) is 16.1. The summed E-state index contributed by atoms with van der Waals surface area (Å²) in [6.07, 6.45) is 1.84. The van der Waals surface area contributed by atoms with Gasteiger partial charge >= 0.3 is 5.97 Å². The lowest BCUT2D eigenvalue weighted by Crippen LogP contribution is -2.12. The maximum absolute atomic E-state index is 15.2. The van der Waals surface area contributed by atoms with Crippen molar-refractivity contribution in [3.8, 4) is 23.0 Å². The van der Waals surface area contributed by atoms with E-state index in [4.69, 9.17) is 19.2 Å². The molecule has 5 rings (SSSR count). The molecule has 5 nitrogen and oxygen atoms in total. The summed E-state index contributed by atoms with van der Waals surface area (Å²) in [5.41, 5.74) is 1.36. The highest BCUT2D eigenvalue weighted by Crippen LogP contribution is 2.46. The zero-order valence-electron chi connectivity index (χ0n) is 18.1. The second-order valence-electron chi connectivity index (χ2n) is 7.83. The van der Waals surface area contributed by atoms with Gasteiger partial charge in [0.2, 0.25) is 0 Å². The highest BCUT2D eigenvalue weighted by Gasteiger charge is 2.34. The van der Waals surface area contributed by atoms with Gasteiger partial charge in [-0.3, -0.25) is 4.98 Å². The van der Waals surface area contributed by atoms with Crippen molar-refractivity contribution in [3.05, 3.63) is 89.9 Å². The molecular formula is C27H22FNO4. The second-order valence-corrected chi connectivity index (χ2v) is 7.83. The lowest BCUT2D eigenvalue weighted by Gasteiger charge is -2.17. The molecule has 166 valence electrons. The predicted octanol–water partition coefficient (Wildman–Crippen LogP) is 7.01. The number of fused-ring (bicyclic) bond motifs is 1. The van der Waals surface area contributed by atoms with Crippen LogP contribution in [0.15, 0.2) is 72.8 Å². The zero-order chi connectivity index (χ0) is 22.8. The molecule has 0 radical (unpaired) electrons. The summed E-state index contributed by atoms with van der Waals surface area (Å²) in [6.45, 7) is 1.96. The molecule has 0 saturated heterocycles. The van der Waals surface area contributed by atoms with Gasteiger partial charge in [0.15, 0.2) is 17.3 Å². The molecular weight excluding hydrogens is 421 g/mol. The number of hydrogen-bond acceptors (Lipinski definition) is 5. The highest BCUT2D eigenvalue weighted by molar-refractivity contribution is 6.02. The summed E-state index contributed by atoms with van der Waals surface area (Å²) in [6, 6.07) is 20.9. The molecule has 1 aliphatic rings. The largest absolute Gasteiger partial charge is 0.462 e. The monoisotopic (exact) mass is 443 g/mol. The number of benzene rings is 3. The zero-order valence-corrected chi connectivity index (χ0v) is 18.1. The van der Waals surface area contributed by atoms with E-state index in [-0.39, 0.29) is 29.6 Å². The third kappa shape index (κ3) is 4.37. The van der Waals surface area contributed by atoms with Gasteiger partial charge in [-0.05, 0) is 50.1 Å². The summed E-state index contributed by atoms with van der Waals surface area (Å²) >= 11 is 0. The summed E-state index contributed by atoms with van der Waals surface area (Å²) in [5.74, 6) is 0.374. The van der Waals surface area contributed by atoms with Gasteiger partial charge in [0.25, 0.3) is 0 Å². The van der Waals surface area contributed by atoms with Crippen molar-refractivity contribution in [2.45, 2.75) is 25.7 Å². The van der Waals surface area contributed by atoms with Crippen LogP contribution in [0, 0.1) is 5.82 Å². The summed E-state index contributed by atoms with van der Waals surface area (Å²) < 4.78 is 32.4. The number of halogens is 1. The smallest absolute Gasteiger partial charge is 0.343 e. The van der Waals surface area contributed by atoms with Crippen LogP contribution in [0.25, 0.3) is 10.9 Å². The Bertz CT molecular complexity index is 1300. The Morgan fingerprint density at radius 2 is 1.61 bits per heavy atom. The van der Waals surface area contributed by atoms with Crippen molar-refractivity contribution in [1.82, 2.24) is 4.98 Å². The van der Waals surface area contributed by atoms with Gasteiger partial charge in [-0.1, -0.05) is 36.4 Å². The van der Waals surface area contributed by atoms with Crippen LogP contribution in [-0.2, 0) is 4.74 Å². The Morgan fingerprint density at radius 1 is 0.970 bits per heavy atom. The minimum atomic E-state index is -0.583. The van der Waals surface area contributed by atoms with Gasteiger partial charge < -0.3 is 14.2 Å². The topological polar surface area (TPSA) is 57.7 Å². The molecule has 1 aromatic heterocycles. The molecule has 33 heavy (non-hydrogen) atoms. The molecule has 1 fully saturated rings. The van der Waals surface area contributed by atoms with E-state index in [1.165, 1.54) is 6.07 Å². The first-order valence-corrected chi connectivity index (χ1v) is 10.9. The first kappa shape index (κ1) is 20.9. The van der Waals surface area contributed by atoms with Crippen LogP contribution in [0.1, 0.15) is 41.7 Å². The molecule has 0 bridgehead atoms. The predicted molar refractivity (Wildman–Crippen MR) is 123 cm³/mol. The summed E-state index contributed by atoms with van der Waals surface area (Å²) in [7, 11) is 0. The van der Waals surface area contributed by atoms with Crippen LogP contribution in [0.4, 0.5) is 4.39 Å². The standard InChI is InChI=1S/C27H22FNO4/c1-2-31-27(30)24-25(17-13-14-17)29-22-16-23(32-18-9-5-3-6-10-18)21(28)15-20(22)26(24)33-19-11-7-4-8-12-19/h3-12,15-17H,2,13-14H2,1H3. The van der Waals surface area contributed by atoms with Gasteiger partial charge in [0.1, 0.15) is 17.1 Å². The molecule has 0 N–H and O–H groups in total. The van der Waals surface area contributed by atoms with Gasteiger partial charge in [-0.2, -0.15) is 0 Å². The number of carbonyl (C=O) groups excluding carboxylic acids is 1. The van der Waals surface area contributed by atoms with Crippen LogP contribution >= 0.6 is 0 Å². The molecule has 0 amide bonds. The van der Waals surface area contributed by atoms with E-state index in [1.54, 1.807) is 37.3 Å². The van der Waals surface area contributed by atoms with Crippen molar-refractivity contribution in [1.29, 1.82) is 0 Å². The number of aromatic nitrogens is 1. The molecule has 1 saturated carbocycles. The molecule has 1 aliphatic carbocycles. The molecule has 0 atom stereocenters. The van der Waals surface area contributed by atoms with Crippen molar-refractivity contribution in [2.75, 3.05) is 6.61 Å². The number of para-hydroxylation sites is 2. The summed E-state index contributed by atoms with van der Waals surface area (Å²) in [5, 5.41) is 0.379. The Kier molecular flexibility index (Phi) is 5.65. The number of rotatable bonds is 7. The van der Waals surface area contributed by atoms with Gasteiger partial charge in [0.05, 0.1) is 17.8 Å². The van der Waals surface area contributed by atoms with Crippen molar-refractivity contribution >= 4 is 16.9 Å². The van der Waals surface area contributed by atoms with Crippen molar-refractivity contribution in [2.24, 2.45) is 0 Å². The molecule has 4 aromatic rings. The van der Waals surface area contributed by atoms with Crippen LogP contribution < -0.4 is 9.47 Å². The molecule has 3 aromatic carbocycles. The lowest BCUT2D eigenvalue weighted by molar-refractivity contribution is 0.0522. The Hall–Kier alpha value is -3.93. The maximum atomic E-state index is 15.2. The van der Waals surface area contributed by atoms with Gasteiger partial charge in [0, 0.05) is 17.4 Å². The minimum absolute atomic E-state index is 0.0532. The maximum Gasteiger partial charge on any atom is 0.343 e. The van der Waals surface area contributed by atoms with Crippen LogP contribution in [0.3, 0.4) is 0 Å². The van der Waals surface area contributed by atoms with E-state index in [9.17, 15) is 4.79 Å². The number of pyridine rings is 1. The van der Waals surface area contributed by atoms with Crippen LogP contribution in [0.5, 0.6) is 23.0 Å². The fourth-order valence-corrected chi connectivity index (χ4v) is 3.71. The third-order valence-electron chi connectivity index (χ3n) is 5.40. The molecule has 6 heteroatoms. The quantitative estimate of drug-likeness (QED) is 0.288. The number of hydrogen-bond donors (Lipinski definition) is 0. The van der Waals surface area contributed by atoms with E-state index in [2.05, 4.69) is 0 Å². The van der Waals surface area contributed by atoms with E-state index in [1.807, 2.05) is 36.4 Å². The first-order valence-electron chi connectivity index (χ1n) is 10.9. The summed E-state index contributed by atoms with van der Waals surface area (Å²) in [4.78, 5) is 17.7. The van der Waals surface area contributed by atoms with E-state index in [0.29, 0.717) is 28.1 Å². The van der Waals surface area contributed by atoms with Crippen LogP contribution in [0.2, 0.25) is 0 Å². The fourth-order valence-electron chi connectivity index (χ4n) is 3.71. The molecule has 1 heterocycles. The Labute approximate surface area is 190 Å². The number of nitrogens with zero attached hydrogens (tertiary/aromatic N) is 1. The van der Waals surface area contributed by atoms with Gasteiger partial charge in [-0.15, -0.1) is 0 Å². The number of ether oxygens (including phenoxy) is 3. The third-order valence-corrected chi connectivity index (χ3v) is 5.40. The second kappa shape index (κ2) is 8.90. The lowest BCUT2D eigenvalue weighted by atomic mass is 10.0.